The van der Waals surface area contributed by atoms with Crippen molar-refractivity contribution in [3.63, 3.8) is 0 Å². The lowest BCUT2D eigenvalue weighted by Crippen LogP contribution is -1.81. The number of fused-ring (bicyclic) bond motifs is 1. The summed E-state index contributed by atoms with van der Waals surface area (Å²) in [5.74, 6) is 1.26. The molecule has 110 valence electrons. The maximum atomic E-state index is 5.68. The molecular weight excluding hydrogens is 316 g/mol. The summed E-state index contributed by atoms with van der Waals surface area (Å²) in [6.07, 6.45) is 2.06. The maximum Gasteiger partial charge on any atom is 0.277 e. The van der Waals surface area contributed by atoms with Crippen molar-refractivity contribution in [1.29, 1.82) is 0 Å². The number of rotatable bonds is 4. The molecule has 0 spiro atoms. The van der Waals surface area contributed by atoms with Crippen LogP contribution in [-0.4, -0.2) is 19.6 Å². The Bertz CT molecular complexity index is 910. The summed E-state index contributed by atoms with van der Waals surface area (Å²) >= 11 is 3.15. The Morgan fingerprint density at radius 1 is 1.23 bits per heavy atom. The molecule has 0 aliphatic rings. The summed E-state index contributed by atoms with van der Waals surface area (Å²) in [5, 5.41) is 10.8. The first-order valence-electron chi connectivity index (χ1n) is 6.73. The second-order valence-corrected chi connectivity index (χ2v) is 6.55. The predicted octanol–water partition coefficient (Wildman–Crippen LogP) is 4.05. The molecule has 0 amide bonds. The Hall–Kier alpha value is -2.12. The van der Waals surface area contributed by atoms with E-state index in [1.807, 2.05) is 30.3 Å². The van der Waals surface area contributed by atoms with Crippen LogP contribution in [0.3, 0.4) is 0 Å². The fourth-order valence-corrected chi connectivity index (χ4v) is 3.63. The van der Waals surface area contributed by atoms with Crippen LogP contribution in [0.25, 0.3) is 16.4 Å². The average Bonchev–Trinajstić information content (AvgIpc) is 3.24. The summed E-state index contributed by atoms with van der Waals surface area (Å²) in [6, 6.07) is 9.77. The number of thiazole rings is 1. The number of imidazole rings is 1. The third-order valence-corrected chi connectivity index (χ3v) is 5.02. The van der Waals surface area contributed by atoms with E-state index in [0.717, 1.165) is 16.2 Å². The molecule has 4 rings (SSSR count). The fraction of sp³-hybridized carbons (Fsp3) is 0.133. The molecule has 1 aromatic carbocycles. The van der Waals surface area contributed by atoms with Crippen molar-refractivity contribution in [3.05, 3.63) is 53.3 Å². The first-order valence-corrected chi connectivity index (χ1v) is 8.60. The van der Waals surface area contributed by atoms with E-state index in [1.165, 1.54) is 17.5 Å². The number of aryl methyl sites for hydroxylation is 1. The van der Waals surface area contributed by atoms with Crippen LogP contribution in [0.15, 0.2) is 51.5 Å². The molecular formula is C15H12N4OS2. The van der Waals surface area contributed by atoms with Crippen LogP contribution in [0.1, 0.15) is 11.4 Å². The molecule has 0 aliphatic carbocycles. The van der Waals surface area contributed by atoms with Gasteiger partial charge in [-0.3, -0.25) is 4.40 Å². The third-order valence-electron chi connectivity index (χ3n) is 3.21. The molecule has 0 N–H and O–H groups in total. The molecule has 0 aliphatic heterocycles. The maximum absolute atomic E-state index is 5.68. The van der Waals surface area contributed by atoms with Gasteiger partial charge in [-0.1, -0.05) is 30.0 Å². The van der Waals surface area contributed by atoms with Crippen molar-refractivity contribution < 1.29 is 4.42 Å². The zero-order valence-corrected chi connectivity index (χ0v) is 13.4. The van der Waals surface area contributed by atoms with Crippen LogP contribution >= 0.6 is 23.1 Å². The number of nitrogens with zero attached hydrogens (tertiary/aromatic N) is 4. The minimum Gasteiger partial charge on any atom is -0.411 e. The monoisotopic (exact) mass is 328 g/mol. The second-order valence-electron chi connectivity index (χ2n) is 4.79. The van der Waals surface area contributed by atoms with E-state index < -0.39 is 0 Å². The summed E-state index contributed by atoms with van der Waals surface area (Å²) in [4.78, 5) is 5.60. The molecule has 4 aromatic rings. The average molecular weight is 328 g/mol. The quantitative estimate of drug-likeness (QED) is 0.529. The Morgan fingerprint density at radius 2 is 2.09 bits per heavy atom. The number of hydrogen-bond donors (Lipinski definition) is 0. The van der Waals surface area contributed by atoms with Gasteiger partial charge in [0.2, 0.25) is 5.89 Å². The van der Waals surface area contributed by atoms with E-state index in [-0.39, 0.29) is 0 Å². The lowest BCUT2D eigenvalue weighted by molar-refractivity contribution is 0.466. The lowest BCUT2D eigenvalue weighted by Gasteiger charge is -1.93. The molecule has 22 heavy (non-hydrogen) atoms. The van der Waals surface area contributed by atoms with E-state index in [0.29, 0.717) is 16.9 Å². The molecule has 0 radical (unpaired) electrons. The Balaban J connectivity index is 1.48. The highest BCUT2D eigenvalue weighted by Crippen LogP contribution is 2.26. The number of hydrogen-bond acceptors (Lipinski definition) is 6. The highest BCUT2D eigenvalue weighted by molar-refractivity contribution is 7.98. The van der Waals surface area contributed by atoms with Crippen molar-refractivity contribution in [1.82, 2.24) is 19.6 Å². The molecule has 5 nitrogen and oxygen atoms in total. The molecule has 7 heteroatoms. The Morgan fingerprint density at radius 3 is 2.91 bits per heavy atom. The zero-order chi connectivity index (χ0) is 14.9. The number of benzene rings is 1. The minimum absolute atomic E-state index is 0.546. The fourth-order valence-electron chi connectivity index (χ4n) is 2.11. The third kappa shape index (κ3) is 2.53. The van der Waals surface area contributed by atoms with Crippen LogP contribution in [0.4, 0.5) is 0 Å². The van der Waals surface area contributed by atoms with Gasteiger partial charge in [0, 0.05) is 28.6 Å². The molecule has 0 saturated carbocycles. The normalized spacial score (nSPS) is 11.3. The minimum atomic E-state index is 0.546. The van der Waals surface area contributed by atoms with Crippen molar-refractivity contribution in [3.8, 4) is 11.5 Å². The number of aromatic nitrogens is 4. The van der Waals surface area contributed by atoms with Gasteiger partial charge >= 0.3 is 0 Å². The molecule has 0 unspecified atom stereocenters. The van der Waals surface area contributed by atoms with Gasteiger partial charge in [0.05, 0.1) is 5.69 Å². The van der Waals surface area contributed by atoms with Gasteiger partial charge in [-0.25, -0.2) is 4.98 Å². The van der Waals surface area contributed by atoms with Crippen molar-refractivity contribution in [2.24, 2.45) is 0 Å². The van der Waals surface area contributed by atoms with Gasteiger partial charge in [-0.15, -0.1) is 21.5 Å². The Kier molecular flexibility index (Phi) is 3.44. The highest BCUT2D eigenvalue weighted by Gasteiger charge is 2.11. The van der Waals surface area contributed by atoms with Crippen molar-refractivity contribution >= 4 is 28.1 Å². The number of thioether (sulfide) groups is 1. The van der Waals surface area contributed by atoms with Gasteiger partial charge in [-0.05, 0) is 19.1 Å². The topological polar surface area (TPSA) is 56.2 Å². The summed E-state index contributed by atoms with van der Waals surface area (Å²) in [5.41, 5.74) is 3.15. The Labute approximate surface area is 135 Å². The van der Waals surface area contributed by atoms with E-state index >= 15 is 0 Å². The van der Waals surface area contributed by atoms with Gasteiger partial charge in [0.25, 0.3) is 5.22 Å². The first kappa shape index (κ1) is 13.5. The van der Waals surface area contributed by atoms with Crippen LogP contribution < -0.4 is 0 Å². The molecule has 0 fully saturated rings. The molecule has 0 saturated heterocycles. The first-order chi connectivity index (χ1) is 10.8. The SMILES string of the molecule is Cc1csc2nc(CSc3nnc(-c4ccccc4)o3)cn12. The van der Waals surface area contributed by atoms with Gasteiger partial charge < -0.3 is 4.42 Å². The van der Waals surface area contributed by atoms with E-state index in [2.05, 4.69) is 38.1 Å². The highest BCUT2D eigenvalue weighted by atomic mass is 32.2. The predicted molar refractivity (Wildman–Crippen MR) is 87.1 cm³/mol. The van der Waals surface area contributed by atoms with Crippen molar-refractivity contribution in [2.75, 3.05) is 0 Å². The lowest BCUT2D eigenvalue weighted by atomic mass is 10.2. The summed E-state index contributed by atoms with van der Waals surface area (Å²) in [6.45, 7) is 2.08. The van der Waals surface area contributed by atoms with Gasteiger partial charge in [-0.2, -0.15) is 0 Å². The molecule has 3 aromatic heterocycles. The van der Waals surface area contributed by atoms with Crippen LogP contribution in [0.2, 0.25) is 0 Å². The van der Waals surface area contributed by atoms with Crippen LogP contribution in [-0.2, 0) is 5.75 Å². The van der Waals surface area contributed by atoms with Crippen LogP contribution in [0, 0.1) is 6.92 Å². The van der Waals surface area contributed by atoms with Crippen LogP contribution in [0.5, 0.6) is 0 Å². The van der Waals surface area contributed by atoms with E-state index in [9.17, 15) is 0 Å². The van der Waals surface area contributed by atoms with E-state index in [1.54, 1.807) is 11.3 Å². The van der Waals surface area contributed by atoms with Gasteiger partial charge in [0.1, 0.15) is 0 Å². The molecule has 0 atom stereocenters. The standard InChI is InChI=1S/C15H12N4OS2/c1-10-8-21-14-16-12(7-19(10)14)9-22-15-18-17-13(20-15)11-5-3-2-4-6-11/h2-8H,9H2,1H3. The summed E-state index contributed by atoms with van der Waals surface area (Å²) < 4.78 is 7.78. The zero-order valence-electron chi connectivity index (χ0n) is 11.8. The summed E-state index contributed by atoms with van der Waals surface area (Å²) in [7, 11) is 0. The second kappa shape index (κ2) is 5.58. The largest absolute Gasteiger partial charge is 0.411 e. The van der Waals surface area contributed by atoms with Crippen molar-refractivity contribution in [2.45, 2.75) is 17.9 Å². The molecule has 0 bridgehead atoms. The smallest absolute Gasteiger partial charge is 0.277 e. The molecule has 3 heterocycles. The van der Waals surface area contributed by atoms with Gasteiger partial charge in [0.15, 0.2) is 4.96 Å². The van der Waals surface area contributed by atoms with E-state index in [4.69, 9.17) is 4.42 Å².